The third-order valence-electron chi connectivity index (χ3n) is 3.44. The third-order valence-corrected chi connectivity index (χ3v) is 4.25. The predicted molar refractivity (Wildman–Crippen MR) is 98.2 cm³/mol. The van der Waals surface area contributed by atoms with Crippen molar-refractivity contribution in [1.29, 1.82) is 0 Å². The number of carbonyl (C=O) groups is 1. The molecule has 3 aromatic rings. The Morgan fingerprint density at radius 1 is 1.04 bits per heavy atom. The summed E-state index contributed by atoms with van der Waals surface area (Å²) in [6.45, 7) is 0.286. The lowest BCUT2D eigenvalue weighted by molar-refractivity contribution is 0.102. The number of methoxy groups -OCH3 is 2. The molecule has 0 saturated carbocycles. The molecule has 0 atom stereocenters. The highest BCUT2D eigenvalue weighted by Crippen LogP contribution is 2.28. The Morgan fingerprint density at radius 2 is 1.81 bits per heavy atom. The van der Waals surface area contributed by atoms with Gasteiger partial charge in [-0.2, -0.15) is 0 Å². The lowest BCUT2D eigenvalue weighted by Gasteiger charge is -2.08. The molecule has 134 valence electrons. The Labute approximate surface area is 154 Å². The maximum atomic E-state index is 12.4. The number of carbonyl (C=O) groups excluding carboxylic acids is 1. The average molecular weight is 371 g/mol. The summed E-state index contributed by atoms with van der Waals surface area (Å²) in [4.78, 5) is 12.4. The second kappa shape index (κ2) is 8.30. The molecule has 3 rings (SSSR count). The zero-order valence-corrected chi connectivity index (χ0v) is 15.1. The minimum absolute atomic E-state index is 0.286. The second-order valence-electron chi connectivity index (χ2n) is 5.13. The molecule has 1 aromatic heterocycles. The van der Waals surface area contributed by atoms with Crippen LogP contribution in [0.25, 0.3) is 0 Å². The number of hydrogen-bond acceptors (Lipinski definition) is 7. The third kappa shape index (κ3) is 4.28. The van der Waals surface area contributed by atoms with E-state index in [9.17, 15) is 4.79 Å². The summed E-state index contributed by atoms with van der Waals surface area (Å²) < 4.78 is 16.0. The summed E-state index contributed by atoms with van der Waals surface area (Å²) in [6.07, 6.45) is 0. The number of rotatable bonds is 7. The van der Waals surface area contributed by atoms with E-state index in [2.05, 4.69) is 15.5 Å². The molecule has 0 bridgehead atoms. The van der Waals surface area contributed by atoms with Gasteiger partial charge in [0.1, 0.15) is 12.4 Å². The van der Waals surface area contributed by atoms with Crippen molar-refractivity contribution >= 4 is 22.4 Å². The highest BCUT2D eigenvalue weighted by Gasteiger charge is 2.13. The fourth-order valence-electron chi connectivity index (χ4n) is 2.17. The molecule has 0 unspecified atom stereocenters. The molecule has 0 aliphatic heterocycles. The molecule has 0 saturated heterocycles. The Hall–Kier alpha value is -3.13. The van der Waals surface area contributed by atoms with Gasteiger partial charge < -0.3 is 14.2 Å². The zero-order valence-electron chi connectivity index (χ0n) is 14.3. The highest BCUT2D eigenvalue weighted by atomic mass is 32.1. The van der Waals surface area contributed by atoms with Crippen LogP contribution in [0.3, 0.4) is 0 Å². The standard InChI is InChI=1S/C18H17N3O4S/c1-23-14-9-8-12(10-15(14)24-2)17(22)19-18-21-20-16(26-18)11-25-13-6-4-3-5-7-13/h3-10H,11H2,1-2H3,(H,19,21,22). The molecule has 0 fully saturated rings. The van der Waals surface area contributed by atoms with Crippen LogP contribution in [0.1, 0.15) is 15.4 Å². The fourth-order valence-corrected chi connectivity index (χ4v) is 2.82. The maximum Gasteiger partial charge on any atom is 0.257 e. The van der Waals surface area contributed by atoms with Crippen LogP contribution < -0.4 is 19.5 Å². The average Bonchev–Trinajstić information content (AvgIpc) is 3.13. The Kier molecular flexibility index (Phi) is 5.65. The number of ether oxygens (including phenoxy) is 3. The summed E-state index contributed by atoms with van der Waals surface area (Å²) >= 11 is 1.26. The molecule has 1 heterocycles. The molecule has 8 heteroatoms. The maximum absolute atomic E-state index is 12.4. The molecule has 0 aliphatic carbocycles. The lowest BCUT2D eigenvalue weighted by atomic mass is 10.2. The van der Waals surface area contributed by atoms with Gasteiger partial charge in [0, 0.05) is 5.56 Å². The van der Waals surface area contributed by atoms with Gasteiger partial charge in [-0.25, -0.2) is 0 Å². The molecule has 0 radical (unpaired) electrons. The molecule has 26 heavy (non-hydrogen) atoms. The number of aromatic nitrogens is 2. The largest absolute Gasteiger partial charge is 0.493 e. The van der Waals surface area contributed by atoms with Gasteiger partial charge in [0.05, 0.1) is 14.2 Å². The van der Waals surface area contributed by atoms with Gasteiger partial charge in [0.25, 0.3) is 5.91 Å². The Bertz CT molecular complexity index is 883. The van der Waals surface area contributed by atoms with Crippen molar-refractivity contribution < 1.29 is 19.0 Å². The predicted octanol–water partition coefficient (Wildman–Crippen LogP) is 3.39. The van der Waals surface area contributed by atoms with E-state index >= 15 is 0 Å². The van der Waals surface area contributed by atoms with Crippen LogP contribution in [0, 0.1) is 0 Å². The van der Waals surface area contributed by atoms with Crippen LogP contribution in [0.4, 0.5) is 5.13 Å². The smallest absolute Gasteiger partial charge is 0.257 e. The second-order valence-corrected chi connectivity index (χ2v) is 6.19. The summed E-state index contributed by atoms with van der Waals surface area (Å²) in [5, 5.41) is 11.8. The van der Waals surface area contributed by atoms with Gasteiger partial charge in [-0.05, 0) is 30.3 Å². The fraction of sp³-hybridized carbons (Fsp3) is 0.167. The molecule has 2 aromatic carbocycles. The first-order chi connectivity index (χ1) is 12.7. The number of anilines is 1. The first-order valence-corrected chi connectivity index (χ1v) is 8.55. The van der Waals surface area contributed by atoms with E-state index in [4.69, 9.17) is 14.2 Å². The molecule has 0 aliphatic rings. The first-order valence-electron chi connectivity index (χ1n) is 7.73. The Morgan fingerprint density at radius 3 is 2.54 bits per heavy atom. The van der Waals surface area contributed by atoms with Crippen molar-refractivity contribution in [3.63, 3.8) is 0 Å². The van der Waals surface area contributed by atoms with E-state index in [0.29, 0.717) is 27.2 Å². The lowest BCUT2D eigenvalue weighted by Crippen LogP contribution is -2.12. The van der Waals surface area contributed by atoms with Gasteiger partial charge in [-0.15, -0.1) is 10.2 Å². The zero-order chi connectivity index (χ0) is 18.4. The Balaban J connectivity index is 1.62. The van der Waals surface area contributed by atoms with Crippen LogP contribution in [0.5, 0.6) is 17.2 Å². The van der Waals surface area contributed by atoms with E-state index in [1.54, 1.807) is 18.2 Å². The van der Waals surface area contributed by atoms with Crippen LogP contribution in [0.15, 0.2) is 48.5 Å². The van der Waals surface area contributed by atoms with Gasteiger partial charge in [0.15, 0.2) is 16.5 Å². The van der Waals surface area contributed by atoms with E-state index in [-0.39, 0.29) is 12.5 Å². The van der Waals surface area contributed by atoms with Crippen LogP contribution >= 0.6 is 11.3 Å². The summed E-state index contributed by atoms with van der Waals surface area (Å²) in [5.41, 5.74) is 0.430. The van der Waals surface area contributed by atoms with Crippen molar-refractivity contribution in [2.24, 2.45) is 0 Å². The quantitative estimate of drug-likeness (QED) is 0.685. The molecular weight excluding hydrogens is 354 g/mol. The van der Waals surface area contributed by atoms with Crippen molar-refractivity contribution in [2.75, 3.05) is 19.5 Å². The van der Waals surface area contributed by atoms with Crippen LogP contribution in [-0.4, -0.2) is 30.3 Å². The number of hydrogen-bond donors (Lipinski definition) is 1. The van der Waals surface area contributed by atoms with E-state index < -0.39 is 0 Å². The van der Waals surface area contributed by atoms with E-state index in [1.807, 2.05) is 30.3 Å². The normalized spacial score (nSPS) is 10.2. The summed E-state index contributed by atoms with van der Waals surface area (Å²) in [5.74, 6) is 1.48. The van der Waals surface area contributed by atoms with Gasteiger partial charge in [-0.1, -0.05) is 29.5 Å². The minimum Gasteiger partial charge on any atom is -0.493 e. The molecule has 0 spiro atoms. The SMILES string of the molecule is COc1ccc(C(=O)Nc2nnc(COc3ccccc3)s2)cc1OC. The summed E-state index contributed by atoms with van der Waals surface area (Å²) in [7, 11) is 3.06. The number of amides is 1. The van der Waals surface area contributed by atoms with Crippen LogP contribution in [0.2, 0.25) is 0 Å². The van der Waals surface area contributed by atoms with Gasteiger partial charge >= 0.3 is 0 Å². The number of benzene rings is 2. The highest BCUT2D eigenvalue weighted by molar-refractivity contribution is 7.15. The number of nitrogens with zero attached hydrogens (tertiary/aromatic N) is 2. The monoisotopic (exact) mass is 371 g/mol. The van der Waals surface area contributed by atoms with E-state index in [0.717, 1.165) is 5.75 Å². The van der Waals surface area contributed by atoms with Gasteiger partial charge in [-0.3, -0.25) is 10.1 Å². The minimum atomic E-state index is -0.308. The number of para-hydroxylation sites is 1. The van der Waals surface area contributed by atoms with Crippen molar-refractivity contribution in [1.82, 2.24) is 10.2 Å². The topological polar surface area (TPSA) is 82.6 Å². The van der Waals surface area contributed by atoms with E-state index in [1.165, 1.54) is 25.6 Å². The molecule has 1 amide bonds. The summed E-state index contributed by atoms with van der Waals surface area (Å²) in [6, 6.07) is 14.4. The van der Waals surface area contributed by atoms with Crippen molar-refractivity contribution in [3.8, 4) is 17.2 Å². The molecular formula is C18H17N3O4S. The molecule has 7 nitrogen and oxygen atoms in total. The molecule has 1 N–H and O–H groups in total. The first kappa shape index (κ1) is 17.7. The van der Waals surface area contributed by atoms with Crippen molar-refractivity contribution in [2.45, 2.75) is 6.61 Å². The van der Waals surface area contributed by atoms with Gasteiger partial charge in [0.2, 0.25) is 5.13 Å². The number of nitrogens with one attached hydrogen (secondary N) is 1. The van der Waals surface area contributed by atoms with Crippen LogP contribution in [-0.2, 0) is 6.61 Å². The van der Waals surface area contributed by atoms with Crippen molar-refractivity contribution in [3.05, 3.63) is 59.1 Å².